The van der Waals surface area contributed by atoms with Crippen molar-refractivity contribution < 1.29 is 19.1 Å². The minimum Gasteiger partial charge on any atom is -0.479 e. The molecule has 3 rings (SSSR count). The zero-order valence-electron chi connectivity index (χ0n) is 13.2. The van der Waals surface area contributed by atoms with Gasteiger partial charge in [-0.25, -0.2) is 0 Å². The van der Waals surface area contributed by atoms with E-state index in [0.717, 1.165) is 9.75 Å². The van der Waals surface area contributed by atoms with E-state index in [4.69, 9.17) is 9.15 Å². The molecule has 126 valence electrons. The molecule has 0 fully saturated rings. The first-order chi connectivity index (χ1) is 11.6. The predicted octanol–water partition coefficient (Wildman–Crippen LogP) is 2.09. The van der Waals surface area contributed by atoms with Crippen LogP contribution in [-0.4, -0.2) is 27.9 Å². The molecular weight excluding hydrogens is 330 g/mol. The molecule has 0 aliphatic carbocycles. The lowest BCUT2D eigenvalue weighted by Crippen LogP contribution is -2.22. The van der Waals surface area contributed by atoms with Gasteiger partial charge in [-0.15, -0.1) is 16.4 Å². The highest BCUT2D eigenvalue weighted by molar-refractivity contribution is 7.12. The van der Waals surface area contributed by atoms with Crippen LogP contribution >= 0.6 is 11.3 Å². The Morgan fingerprint density at radius 1 is 1.50 bits per heavy atom. The van der Waals surface area contributed by atoms with E-state index >= 15 is 0 Å². The average Bonchev–Trinajstić information content (AvgIpc) is 3.31. The summed E-state index contributed by atoms with van der Waals surface area (Å²) < 4.78 is 11.8. The van der Waals surface area contributed by atoms with Gasteiger partial charge in [0.1, 0.15) is 17.4 Å². The lowest BCUT2D eigenvalue weighted by molar-refractivity contribution is 0.0948. The Kier molecular flexibility index (Phi) is 4.68. The minimum absolute atomic E-state index is 0.263. The number of furan rings is 1. The molecule has 3 aromatic rings. The molecule has 7 nitrogen and oxygen atoms in total. The van der Waals surface area contributed by atoms with Crippen molar-refractivity contribution in [3.8, 4) is 5.88 Å². The number of rotatable bonds is 6. The molecule has 3 heterocycles. The summed E-state index contributed by atoms with van der Waals surface area (Å²) in [6, 6.07) is 7.14. The van der Waals surface area contributed by atoms with Crippen LogP contribution in [-0.2, 0) is 13.6 Å². The number of nitrogens with zero attached hydrogens (tertiary/aromatic N) is 2. The lowest BCUT2D eigenvalue weighted by Gasteiger charge is -2.05. The van der Waals surface area contributed by atoms with Crippen molar-refractivity contribution in [1.82, 2.24) is 15.1 Å². The van der Waals surface area contributed by atoms with Gasteiger partial charge in [-0.05, 0) is 24.3 Å². The van der Waals surface area contributed by atoms with Gasteiger partial charge >= 0.3 is 0 Å². The second kappa shape index (κ2) is 6.90. The number of hydrogen-bond acceptors (Lipinski definition) is 6. The average molecular weight is 347 g/mol. The summed E-state index contributed by atoms with van der Waals surface area (Å²) >= 11 is 1.41. The molecule has 0 aromatic carbocycles. The third-order valence-corrected chi connectivity index (χ3v) is 4.56. The van der Waals surface area contributed by atoms with Gasteiger partial charge in [0.15, 0.2) is 0 Å². The van der Waals surface area contributed by atoms with Gasteiger partial charge in [-0.2, -0.15) is 0 Å². The topological polar surface area (TPSA) is 89.5 Å². The molecule has 24 heavy (non-hydrogen) atoms. The van der Waals surface area contributed by atoms with Crippen molar-refractivity contribution in [1.29, 1.82) is 0 Å². The SMILES string of the molecule is COc1nn(C)cc1C(=O)NCc1ccc(C(O)c2ccco2)s1. The number of nitrogens with one attached hydrogen (secondary N) is 1. The summed E-state index contributed by atoms with van der Waals surface area (Å²) in [5, 5.41) is 17.1. The number of thiophene rings is 1. The van der Waals surface area contributed by atoms with Crippen molar-refractivity contribution in [3.63, 3.8) is 0 Å². The molecule has 0 aliphatic heterocycles. The molecule has 0 radical (unpaired) electrons. The van der Waals surface area contributed by atoms with Crippen molar-refractivity contribution in [3.05, 3.63) is 57.8 Å². The summed E-state index contributed by atoms with van der Waals surface area (Å²) in [5.74, 6) is 0.518. The zero-order chi connectivity index (χ0) is 17.1. The lowest BCUT2D eigenvalue weighted by atomic mass is 10.2. The van der Waals surface area contributed by atoms with E-state index in [9.17, 15) is 9.90 Å². The van der Waals surface area contributed by atoms with Crippen LogP contribution in [0.25, 0.3) is 0 Å². The van der Waals surface area contributed by atoms with Gasteiger partial charge in [-0.1, -0.05) is 0 Å². The third-order valence-electron chi connectivity index (χ3n) is 3.42. The molecular formula is C16H17N3O4S. The van der Waals surface area contributed by atoms with Crippen LogP contribution in [0, 0.1) is 0 Å². The smallest absolute Gasteiger partial charge is 0.258 e. The molecule has 1 unspecified atom stereocenters. The molecule has 0 saturated heterocycles. The molecule has 0 spiro atoms. The molecule has 3 aromatic heterocycles. The van der Waals surface area contributed by atoms with E-state index in [1.54, 1.807) is 25.4 Å². The van der Waals surface area contributed by atoms with E-state index in [1.165, 1.54) is 29.4 Å². The number of aliphatic hydroxyl groups is 1. The fraction of sp³-hybridized carbons (Fsp3) is 0.250. The first-order valence-corrected chi connectivity index (χ1v) is 8.06. The number of methoxy groups -OCH3 is 1. The Hall–Kier alpha value is -2.58. The molecule has 1 amide bonds. The van der Waals surface area contributed by atoms with Gasteiger partial charge < -0.3 is 19.6 Å². The first kappa shape index (κ1) is 16.3. The van der Waals surface area contributed by atoms with Gasteiger partial charge in [0, 0.05) is 23.0 Å². The van der Waals surface area contributed by atoms with E-state index in [2.05, 4.69) is 10.4 Å². The number of aromatic nitrogens is 2. The van der Waals surface area contributed by atoms with Gasteiger partial charge in [0.25, 0.3) is 5.91 Å². The highest BCUT2D eigenvalue weighted by Gasteiger charge is 2.18. The number of aryl methyl sites for hydroxylation is 1. The molecule has 0 aliphatic rings. The summed E-state index contributed by atoms with van der Waals surface area (Å²) in [7, 11) is 3.20. The second-order valence-electron chi connectivity index (χ2n) is 5.13. The number of ether oxygens (including phenoxy) is 1. The fourth-order valence-electron chi connectivity index (χ4n) is 2.26. The Labute approximate surface area is 142 Å². The van der Waals surface area contributed by atoms with Crippen molar-refractivity contribution >= 4 is 17.2 Å². The van der Waals surface area contributed by atoms with Crippen LogP contribution in [0.1, 0.15) is 32.0 Å². The van der Waals surface area contributed by atoms with Gasteiger partial charge in [-0.3, -0.25) is 9.48 Å². The Balaban J connectivity index is 1.64. The molecule has 0 bridgehead atoms. The molecule has 1 atom stereocenters. The number of hydrogen-bond donors (Lipinski definition) is 2. The third kappa shape index (κ3) is 3.34. The zero-order valence-corrected chi connectivity index (χ0v) is 14.0. The Bertz CT molecular complexity index is 822. The largest absolute Gasteiger partial charge is 0.479 e. The monoisotopic (exact) mass is 347 g/mol. The molecule has 0 saturated carbocycles. The fourth-order valence-corrected chi connectivity index (χ4v) is 3.21. The first-order valence-electron chi connectivity index (χ1n) is 7.24. The predicted molar refractivity (Wildman–Crippen MR) is 88.0 cm³/mol. The number of amides is 1. The number of carbonyl (C=O) groups is 1. The van der Waals surface area contributed by atoms with Crippen molar-refractivity contribution in [2.24, 2.45) is 7.05 Å². The number of carbonyl (C=O) groups excluding carboxylic acids is 1. The summed E-state index contributed by atoms with van der Waals surface area (Å²) in [6.07, 6.45) is 2.33. The summed E-state index contributed by atoms with van der Waals surface area (Å²) in [6.45, 7) is 0.354. The highest BCUT2D eigenvalue weighted by Crippen LogP contribution is 2.28. The van der Waals surface area contributed by atoms with Gasteiger partial charge in [0.2, 0.25) is 5.88 Å². The molecule has 8 heteroatoms. The van der Waals surface area contributed by atoms with Crippen molar-refractivity contribution in [2.45, 2.75) is 12.6 Å². The summed E-state index contributed by atoms with van der Waals surface area (Å²) in [4.78, 5) is 13.9. The Morgan fingerprint density at radius 2 is 2.33 bits per heavy atom. The number of aliphatic hydroxyl groups excluding tert-OH is 1. The summed E-state index contributed by atoms with van der Waals surface area (Å²) in [5.41, 5.74) is 0.382. The maximum absolute atomic E-state index is 12.2. The normalized spacial score (nSPS) is 12.1. The maximum Gasteiger partial charge on any atom is 0.258 e. The standard InChI is InChI=1S/C16H17N3O4S/c1-19-9-11(16(18-19)22-2)15(21)17-8-10-5-6-13(24-10)14(20)12-4-3-7-23-12/h3-7,9,14,20H,8H2,1-2H3,(H,17,21). The Morgan fingerprint density at radius 3 is 3.04 bits per heavy atom. The second-order valence-corrected chi connectivity index (χ2v) is 6.33. The van der Waals surface area contributed by atoms with Crippen molar-refractivity contribution in [2.75, 3.05) is 7.11 Å². The van der Waals surface area contributed by atoms with Crippen LogP contribution in [0.2, 0.25) is 0 Å². The van der Waals surface area contributed by atoms with Crippen LogP contribution < -0.4 is 10.1 Å². The highest BCUT2D eigenvalue weighted by atomic mass is 32.1. The maximum atomic E-state index is 12.2. The molecule has 2 N–H and O–H groups in total. The quantitative estimate of drug-likeness (QED) is 0.713. The van der Waals surface area contributed by atoms with Crippen LogP contribution in [0.5, 0.6) is 5.88 Å². The van der Waals surface area contributed by atoms with E-state index < -0.39 is 6.10 Å². The van der Waals surface area contributed by atoms with Crippen LogP contribution in [0.15, 0.2) is 41.1 Å². The van der Waals surface area contributed by atoms with Gasteiger partial charge in [0.05, 0.1) is 19.9 Å². The minimum atomic E-state index is -0.798. The van der Waals surface area contributed by atoms with E-state index in [1.807, 2.05) is 12.1 Å². The van der Waals surface area contributed by atoms with Crippen LogP contribution in [0.3, 0.4) is 0 Å². The van der Waals surface area contributed by atoms with E-state index in [0.29, 0.717) is 17.9 Å². The van der Waals surface area contributed by atoms with Crippen LogP contribution in [0.4, 0.5) is 0 Å². The van der Waals surface area contributed by atoms with E-state index in [-0.39, 0.29) is 11.8 Å².